The van der Waals surface area contributed by atoms with E-state index in [0.29, 0.717) is 5.11 Å². The lowest BCUT2D eigenvalue weighted by atomic mass is 10.2. The van der Waals surface area contributed by atoms with E-state index in [0.717, 1.165) is 18.0 Å². The molecule has 2 N–H and O–H groups in total. The molecule has 4 nitrogen and oxygen atoms in total. The molecule has 0 bridgehead atoms. The average molecular weight is 501 g/mol. The first kappa shape index (κ1) is 22.7. The third-order valence-electron chi connectivity index (χ3n) is 5.31. The van der Waals surface area contributed by atoms with Crippen molar-refractivity contribution in [2.45, 2.75) is 0 Å². The van der Waals surface area contributed by atoms with Crippen molar-refractivity contribution < 1.29 is 0 Å². The second kappa shape index (κ2) is 10.9. The van der Waals surface area contributed by atoms with Crippen molar-refractivity contribution in [3.8, 4) is 0 Å². The molecule has 4 aromatic carbocycles. The Morgan fingerprint density at radius 2 is 1.15 bits per heavy atom. The van der Waals surface area contributed by atoms with Crippen LogP contribution in [-0.4, -0.2) is 17.4 Å². The zero-order valence-corrected chi connectivity index (χ0v) is 21.1. The molecule has 0 amide bonds. The highest BCUT2D eigenvalue weighted by Gasteiger charge is 2.38. The van der Waals surface area contributed by atoms with Crippen LogP contribution in [0.25, 0.3) is 0 Å². The Hall–Kier alpha value is -3.05. The Morgan fingerprint density at radius 3 is 1.68 bits per heavy atom. The van der Waals surface area contributed by atoms with Crippen molar-refractivity contribution in [1.82, 2.24) is 5.32 Å². The van der Waals surface area contributed by atoms with Gasteiger partial charge in [-0.1, -0.05) is 78.1 Å². The zero-order chi connectivity index (χ0) is 23.2. The Bertz CT molecular complexity index is 1160. The molecule has 4 aromatic rings. The van der Waals surface area contributed by atoms with Gasteiger partial charge in [0.1, 0.15) is 0 Å². The lowest BCUT2D eigenvalue weighted by Gasteiger charge is -2.31. The number of fused-ring (bicyclic) bond motifs is 1. The van der Waals surface area contributed by atoms with Crippen LogP contribution < -0.4 is 20.0 Å². The summed E-state index contributed by atoms with van der Waals surface area (Å²) in [5.41, 5.74) is 5.90. The molecule has 0 fully saturated rings. The van der Waals surface area contributed by atoms with Gasteiger partial charge < -0.3 is 10.6 Å². The van der Waals surface area contributed by atoms with Crippen LogP contribution in [0.4, 0.5) is 28.4 Å². The predicted molar refractivity (Wildman–Crippen MR) is 154 cm³/mol. The Labute approximate surface area is 211 Å². The summed E-state index contributed by atoms with van der Waals surface area (Å²) >= 11 is 7.45. The van der Waals surface area contributed by atoms with Gasteiger partial charge in [0.2, 0.25) is 0 Å². The maximum Gasteiger partial charge on any atom is 0.170 e. The van der Waals surface area contributed by atoms with Gasteiger partial charge in [-0.3, -0.25) is 9.34 Å². The van der Waals surface area contributed by atoms with E-state index in [2.05, 4.69) is 105 Å². The fourth-order valence-electron chi connectivity index (χ4n) is 3.81. The molecule has 0 unspecified atom stereocenters. The number of thiocarbonyl (C=S) groups is 1. The first-order chi connectivity index (χ1) is 16.8. The molecule has 0 atom stereocenters. The SMILES string of the molecule is S=C(NCCSP1N(c2ccccc2)c2ccccc2N1c1ccccc1)Nc1ccccc1. The van der Waals surface area contributed by atoms with Crippen molar-refractivity contribution in [1.29, 1.82) is 0 Å². The fraction of sp³-hybridized carbons (Fsp3) is 0.0741. The molecule has 0 saturated carbocycles. The summed E-state index contributed by atoms with van der Waals surface area (Å²) in [4.78, 5) is 0. The van der Waals surface area contributed by atoms with Crippen molar-refractivity contribution >= 4 is 64.6 Å². The Morgan fingerprint density at radius 1 is 0.676 bits per heavy atom. The number of anilines is 5. The number of nitrogens with one attached hydrogen (secondary N) is 2. The molecular formula is C27H25N4PS2. The first-order valence-corrected chi connectivity index (χ1v) is 14.4. The van der Waals surface area contributed by atoms with Gasteiger partial charge in [-0.2, -0.15) is 0 Å². The molecule has 34 heavy (non-hydrogen) atoms. The normalized spacial score (nSPS) is 12.9. The number of hydrogen-bond acceptors (Lipinski definition) is 4. The summed E-state index contributed by atoms with van der Waals surface area (Å²) < 4.78 is 4.98. The third kappa shape index (κ3) is 5.05. The van der Waals surface area contributed by atoms with Crippen LogP contribution in [0.1, 0.15) is 0 Å². The van der Waals surface area contributed by atoms with Gasteiger partial charge in [-0.05, 0) is 60.7 Å². The summed E-state index contributed by atoms with van der Waals surface area (Å²) in [5, 5.41) is 7.25. The number of para-hydroxylation sites is 5. The lowest BCUT2D eigenvalue weighted by Crippen LogP contribution is -2.30. The molecule has 1 aliphatic rings. The topological polar surface area (TPSA) is 30.5 Å². The minimum absolute atomic E-state index is 0.647. The zero-order valence-electron chi connectivity index (χ0n) is 18.5. The van der Waals surface area contributed by atoms with E-state index in [1.807, 2.05) is 41.7 Å². The van der Waals surface area contributed by atoms with Crippen LogP contribution in [-0.2, 0) is 0 Å². The van der Waals surface area contributed by atoms with Crippen molar-refractivity contribution in [2.24, 2.45) is 0 Å². The summed E-state index contributed by atoms with van der Waals surface area (Å²) in [6.45, 7) is 0.782. The van der Waals surface area contributed by atoms with Gasteiger partial charge in [0.15, 0.2) is 12.5 Å². The standard InChI is InChI=1S/C27H25N4PS2/c33-27(29-22-12-4-1-5-13-22)28-20-21-34-32-30(23-14-6-2-7-15-23)25-18-10-11-19-26(25)31(32)24-16-8-3-9-17-24/h1-19H,20-21H2,(H2,28,29,33). The molecule has 0 aromatic heterocycles. The molecule has 0 saturated heterocycles. The van der Waals surface area contributed by atoms with Crippen LogP contribution >= 0.6 is 31.0 Å². The monoisotopic (exact) mass is 500 g/mol. The summed E-state index contributed by atoms with van der Waals surface area (Å²) in [6, 6.07) is 40.0. The number of hydrogen-bond donors (Lipinski definition) is 2. The quantitative estimate of drug-likeness (QED) is 0.152. The largest absolute Gasteiger partial charge is 0.362 e. The maximum absolute atomic E-state index is 5.49. The lowest BCUT2D eigenvalue weighted by molar-refractivity contribution is 0.993. The van der Waals surface area contributed by atoms with Crippen LogP contribution in [0.2, 0.25) is 0 Å². The van der Waals surface area contributed by atoms with E-state index in [4.69, 9.17) is 12.2 Å². The van der Waals surface area contributed by atoms with Gasteiger partial charge in [-0.15, -0.1) is 0 Å². The molecule has 1 heterocycles. The molecule has 7 heteroatoms. The highest BCUT2D eigenvalue weighted by atomic mass is 32.7. The minimum Gasteiger partial charge on any atom is -0.362 e. The van der Waals surface area contributed by atoms with Crippen molar-refractivity contribution in [3.05, 3.63) is 115 Å². The smallest absolute Gasteiger partial charge is 0.170 e. The number of benzene rings is 4. The van der Waals surface area contributed by atoms with Gasteiger partial charge >= 0.3 is 0 Å². The van der Waals surface area contributed by atoms with Gasteiger partial charge in [0.25, 0.3) is 0 Å². The summed E-state index contributed by atoms with van der Waals surface area (Å²) in [5.74, 6) is 0.920. The van der Waals surface area contributed by atoms with Crippen molar-refractivity contribution in [3.63, 3.8) is 0 Å². The van der Waals surface area contributed by atoms with Gasteiger partial charge in [0.05, 0.1) is 11.4 Å². The van der Waals surface area contributed by atoms with E-state index in [9.17, 15) is 0 Å². The molecule has 0 radical (unpaired) electrons. The maximum atomic E-state index is 5.49. The summed E-state index contributed by atoms with van der Waals surface area (Å²) in [6.07, 6.45) is 0. The van der Waals surface area contributed by atoms with E-state index < -0.39 is 7.42 Å². The number of nitrogens with zero attached hydrogens (tertiary/aromatic N) is 2. The predicted octanol–water partition coefficient (Wildman–Crippen LogP) is 7.92. The van der Waals surface area contributed by atoms with Crippen LogP contribution in [0.15, 0.2) is 115 Å². The van der Waals surface area contributed by atoms with Gasteiger partial charge in [0, 0.05) is 29.4 Å². The molecule has 170 valence electrons. The Kier molecular flexibility index (Phi) is 7.30. The first-order valence-electron chi connectivity index (χ1n) is 11.1. The highest BCUT2D eigenvalue weighted by Crippen LogP contribution is 2.71. The van der Waals surface area contributed by atoms with E-state index in [-0.39, 0.29) is 0 Å². The van der Waals surface area contributed by atoms with E-state index in [1.54, 1.807) is 0 Å². The van der Waals surface area contributed by atoms with Crippen molar-refractivity contribution in [2.75, 3.05) is 27.0 Å². The van der Waals surface area contributed by atoms with E-state index in [1.165, 1.54) is 22.7 Å². The molecule has 5 rings (SSSR count). The molecular weight excluding hydrogens is 475 g/mol. The van der Waals surface area contributed by atoms with Crippen LogP contribution in [0, 0.1) is 0 Å². The van der Waals surface area contributed by atoms with Gasteiger partial charge in [-0.25, -0.2) is 0 Å². The fourth-order valence-corrected chi connectivity index (χ4v) is 8.72. The molecule has 0 aliphatic carbocycles. The van der Waals surface area contributed by atoms with Crippen LogP contribution in [0.3, 0.4) is 0 Å². The average Bonchev–Trinajstić information content (AvgIpc) is 3.22. The second-order valence-electron chi connectivity index (χ2n) is 7.62. The molecule has 0 spiro atoms. The second-order valence-corrected chi connectivity index (χ2v) is 11.8. The summed E-state index contributed by atoms with van der Waals surface area (Å²) in [7, 11) is -0.751. The van der Waals surface area contributed by atoms with Crippen LogP contribution in [0.5, 0.6) is 0 Å². The highest BCUT2D eigenvalue weighted by molar-refractivity contribution is 8.56. The Balaban J connectivity index is 1.35. The third-order valence-corrected chi connectivity index (χ3v) is 9.97. The molecule has 1 aliphatic heterocycles. The van der Waals surface area contributed by atoms with E-state index >= 15 is 0 Å². The minimum atomic E-state index is -0.751. The number of rotatable bonds is 7.